The van der Waals surface area contributed by atoms with Gasteiger partial charge in [-0.3, -0.25) is 4.79 Å². The summed E-state index contributed by atoms with van der Waals surface area (Å²) < 4.78 is 0. The molecule has 0 heterocycles. The summed E-state index contributed by atoms with van der Waals surface area (Å²) in [5.74, 6) is 0.178. The highest BCUT2D eigenvalue weighted by molar-refractivity contribution is 5.83. The molecule has 0 fully saturated rings. The van der Waals surface area contributed by atoms with E-state index in [1.807, 2.05) is 13.8 Å². The van der Waals surface area contributed by atoms with Gasteiger partial charge in [0.2, 0.25) is 0 Å². The second-order valence-corrected chi connectivity index (χ2v) is 2.22. The van der Waals surface area contributed by atoms with Gasteiger partial charge in [-0.1, -0.05) is 20.3 Å². The maximum absolute atomic E-state index is 10.8. The average Bonchev–Trinajstić information content (AvgIpc) is 1.87. The van der Waals surface area contributed by atoms with E-state index in [0.29, 0.717) is 6.42 Å². The van der Waals surface area contributed by atoms with Crippen LogP contribution >= 0.6 is 0 Å². The van der Waals surface area contributed by atoms with Crippen molar-refractivity contribution in [1.29, 1.82) is 0 Å². The number of hydrogen-bond donors (Lipinski definition) is 1. The Labute approximate surface area is 56.4 Å². The molecule has 0 spiro atoms. The van der Waals surface area contributed by atoms with Crippen molar-refractivity contribution >= 4 is 5.78 Å². The van der Waals surface area contributed by atoms with Crippen LogP contribution in [0.15, 0.2) is 0 Å². The number of nitrogens with two attached hydrogens (primary N) is 1. The Morgan fingerprint density at radius 1 is 1.56 bits per heavy atom. The third-order valence-electron chi connectivity index (χ3n) is 1.36. The van der Waals surface area contributed by atoms with E-state index in [4.69, 9.17) is 5.73 Å². The number of rotatable bonds is 4. The smallest absolute Gasteiger partial charge is 0.149 e. The predicted octanol–water partition coefficient (Wildman–Crippen LogP) is 1.09. The SMILES string of the molecule is CCC[C@H](N)C(=O)CC. The molecular weight excluding hydrogens is 114 g/mol. The lowest BCUT2D eigenvalue weighted by Gasteiger charge is -2.05. The Bertz CT molecular complexity index is 90.9. The van der Waals surface area contributed by atoms with Crippen LogP contribution in [0.4, 0.5) is 0 Å². The van der Waals surface area contributed by atoms with Crippen LogP contribution in [0, 0.1) is 0 Å². The Morgan fingerprint density at radius 2 is 2.11 bits per heavy atom. The van der Waals surface area contributed by atoms with E-state index in [9.17, 15) is 4.79 Å². The minimum Gasteiger partial charge on any atom is -0.322 e. The van der Waals surface area contributed by atoms with Crippen LogP contribution in [-0.4, -0.2) is 11.8 Å². The number of ketones is 1. The molecule has 0 aliphatic carbocycles. The van der Waals surface area contributed by atoms with Crippen molar-refractivity contribution in [3.8, 4) is 0 Å². The first-order chi connectivity index (χ1) is 4.22. The molecule has 0 amide bonds. The molecule has 0 aromatic carbocycles. The van der Waals surface area contributed by atoms with Gasteiger partial charge in [0.1, 0.15) is 5.78 Å². The van der Waals surface area contributed by atoms with Crippen LogP contribution in [0.3, 0.4) is 0 Å². The second-order valence-electron chi connectivity index (χ2n) is 2.22. The maximum Gasteiger partial charge on any atom is 0.149 e. The third-order valence-corrected chi connectivity index (χ3v) is 1.36. The first-order valence-corrected chi connectivity index (χ1v) is 3.50. The molecule has 0 aliphatic heterocycles. The van der Waals surface area contributed by atoms with Crippen LogP contribution in [-0.2, 0) is 4.79 Å². The van der Waals surface area contributed by atoms with Crippen molar-refractivity contribution in [2.24, 2.45) is 5.73 Å². The van der Waals surface area contributed by atoms with E-state index in [2.05, 4.69) is 0 Å². The largest absolute Gasteiger partial charge is 0.322 e. The molecule has 0 aliphatic rings. The van der Waals surface area contributed by atoms with Crippen molar-refractivity contribution in [3.05, 3.63) is 0 Å². The fourth-order valence-electron chi connectivity index (χ4n) is 0.734. The highest BCUT2D eigenvalue weighted by atomic mass is 16.1. The molecule has 0 aromatic heterocycles. The van der Waals surface area contributed by atoms with Gasteiger partial charge >= 0.3 is 0 Å². The molecule has 0 radical (unpaired) electrons. The number of carbonyl (C=O) groups is 1. The van der Waals surface area contributed by atoms with Crippen molar-refractivity contribution in [3.63, 3.8) is 0 Å². The summed E-state index contributed by atoms with van der Waals surface area (Å²) in [5.41, 5.74) is 5.49. The van der Waals surface area contributed by atoms with Gasteiger partial charge in [0.15, 0.2) is 0 Å². The van der Waals surface area contributed by atoms with E-state index in [1.54, 1.807) is 0 Å². The fraction of sp³-hybridized carbons (Fsp3) is 0.857. The molecule has 0 saturated heterocycles. The normalized spacial score (nSPS) is 13.2. The van der Waals surface area contributed by atoms with Gasteiger partial charge in [0.25, 0.3) is 0 Å². The Kier molecular flexibility index (Phi) is 4.32. The number of carbonyl (C=O) groups excluding carboxylic acids is 1. The zero-order valence-corrected chi connectivity index (χ0v) is 6.18. The first kappa shape index (κ1) is 8.63. The van der Waals surface area contributed by atoms with Gasteiger partial charge in [0, 0.05) is 6.42 Å². The van der Waals surface area contributed by atoms with E-state index in [1.165, 1.54) is 0 Å². The molecule has 1 atom stereocenters. The van der Waals surface area contributed by atoms with E-state index in [0.717, 1.165) is 12.8 Å². The predicted molar refractivity (Wildman–Crippen MR) is 38.2 cm³/mol. The molecule has 2 N–H and O–H groups in total. The maximum atomic E-state index is 10.8. The van der Waals surface area contributed by atoms with E-state index >= 15 is 0 Å². The zero-order chi connectivity index (χ0) is 7.28. The third kappa shape index (κ3) is 3.25. The van der Waals surface area contributed by atoms with Crippen LogP contribution in [0.1, 0.15) is 33.1 Å². The standard InChI is InChI=1S/C7H15NO/c1-3-5-6(8)7(9)4-2/h6H,3-5,8H2,1-2H3/t6-/m0/s1. The summed E-state index contributed by atoms with van der Waals surface area (Å²) in [6, 6.07) is -0.208. The molecular formula is C7H15NO. The highest BCUT2D eigenvalue weighted by Crippen LogP contribution is 1.96. The minimum atomic E-state index is -0.208. The Balaban J connectivity index is 3.45. The molecule has 0 unspecified atom stereocenters. The van der Waals surface area contributed by atoms with Crippen LogP contribution < -0.4 is 5.73 Å². The molecule has 0 rings (SSSR count). The topological polar surface area (TPSA) is 43.1 Å². The van der Waals surface area contributed by atoms with Crippen molar-refractivity contribution in [2.45, 2.75) is 39.2 Å². The lowest BCUT2D eigenvalue weighted by Crippen LogP contribution is -2.29. The van der Waals surface area contributed by atoms with Gasteiger partial charge in [0.05, 0.1) is 6.04 Å². The summed E-state index contributed by atoms with van der Waals surface area (Å²) in [4.78, 5) is 10.8. The minimum absolute atomic E-state index is 0.178. The quantitative estimate of drug-likeness (QED) is 0.617. The number of hydrogen-bond acceptors (Lipinski definition) is 2. The Morgan fingerprint density at radius 3 is 2.44 bits per heavy atom. The van der Waals surface area contributed by atoms with Crippen LogP contribution in [0.25, 0.3) is 0 Å². The fourth-order valence-corrected chi connectivity index (χ4v) is 0.734. The van der Waals surface area contributed by atoms with Crippen molar-refractivity contribution < 1.29 is 4.79 Å². The number of Topliss-reactive ketones (excluding diaryl/α,β-unsaturated/α-hetero) is 1. The van der Waals surface area contributed by atoms with Crippen LogP contribution in [0.5, 0.6) is 0 Å². The van der Waals surface area contributed by atoms with Gasteiger partial charge < -0.3 is 5.73 Å². The summed E-state index contributed by atoms with van der Waals surface area (Å²) in [6.07, 6.45) is 2.39. The van der Waals surface area contributed by atoms with Gasteiger partial charge in [-0.05, 0) is 6.42 Å². The lowest BCUT2D eigenvalue weighted by atomic mass is 10.1. The van der Waals surface area contributed by atoms with E-state index in [-0.39, 0.29) is 11.8 Å². The summed E-state index contributed by atoms with van der Waals surface area (Å²) in [6.45, 7) is 3.88. The first-order valence-electron chi connectivity index (χ1n) is 3.50. The average molecular weight is 129 g/mol. The van der Waals surface area contributed by atoms with Crippen molar-refractivity contribution in [1.82, 2.24) is 0 Å². The molecule has 0 saturated carbocycles. The van der Waals surface area contributed by atoms with Crippen LogP contribution in [0.2, 0.25) is 0 Å². The highest BCUT2D eigenvalue weighted by Gasteiger charge is 2.07. The van der Waals surface area contributed by atoms with Crippen molar-refractivity contribution in [2.75, 3.05) is 0 Å². The lowest BCUT2D eigenvalue weighted by molar-refractivity contribution is -0.120. The second kappa shape index (κ2) is 4.50. The molecule has 2 nitrogen and oxygen atoms in total. The van der Waals surface area contributed by atoms with Gasteiger partial charge in [-0.15, -0.1) is 0 Å². The molecule has 54 valence electrons. The molecule has 9 heavy (non-hydrogen) atoms. The van der Waals surface area contributed by atoms with Gasteiger partial charge in [-0.2, -0.15) is 0 Å². The van der Waals surface area contributed by atoms with Gasteiger partial charge in [-0.25, -0.2) is 0 Å². The monoisotopic (exact) mass is 129 g/mol. The molecule has 0 bridgehead atoms. The zero-order valence-electron chi connectivity index (χ0n) is 6.18. The molecule has 2 heteroatoms. The summed E-state index contributed by atoms with van der Waals surface area (Å²) in [5, 5.41) is 0. The summed E-state index contributed by atoms with van der Waals surface area (Å²) >= 11 is 0. The molecule has 0 aromatic rings. The van der Waals surface area contributed by atoms with E-state index < -0.39 is 0 Å². The summed E-state index contributed by atoms with van der Waals surface area (Å²) in [7, 11) is 0. The Hall–Kier alpha value is -0.370.